The topological polar surface area (TPSA) is 126 Å². The smallest absolute Gasteiger partial charge is 0.321 e. The molecule has 2 saturated heterocycles. The molecule has 10 nitrogen and oxygen atoms in total. The zero-order valence-corrected chi connectivity index (χ0v) is 22.3. The first-order valence-corrected chi connectivity index (χ1v) is 13.3. The molecule has 1 aromatic heterocycles. The van der Waals surface area contributed by atoms with Gasteiger partial charge in [-0.2, -0.15) is 0 Å². The number of amides is 2. The van der Waals surface area contributed by atoms with Gasteiger partial charge in [0.25, 0.3) is 0 Å². The number of nitrogens with two attached hydrogens (primary N) is 2. The highest BCUT2D eigenvalue weighted by molar-refractivity contribution is 6.01. The first-order valence-electron chi connectivity index (χ1n) is 13.3. The normalized spacial score (nSPS) is 26.3. The quantitative estimate of drug-likeness (QED) is 0.466. The van der Waals surface area contributed by atoms with Crippen molar-refractivity contribution >= 4 is 17.7 Å². The van der Waals surface area contributed by atoms with E-state index in [-0.39, 0.29) is 35.8 Å². The number of rotatable bonds is 4. The molecule has 202 valence electrons. The van der Waals surface area contributed by atoms with E-state index in [9.17, 15) is 9.18 Å². The summed E-state index contributed by atoms with van der Waals surface area (Å²) < 4.78 is 19.7. The number of hydrogen-bond donors (Lipinski definition) is 2. The summed E-state index contributed by atoms with van der Waals surface area (Å²) in [7, 11) is 0. The molecule has 0 aromatic carbocycles. The van der Waals surface area contributed by atoms with Crippen LogP contribution in [0.25, 0.3) is 0 Å². The lowest BCUT2D eigenvalue weighted by atomic mass is 9.96. The van der Waals surface area contributed by atoms with Crippen molar-refractivity contribution < 1.29 is 13.9 Å². The Hall–Kier alpha value is -2.79. The molecule has 1 spiro atoms. The largest absolute Gasteiger partial charge is 0.400 e. The van der Waals surface area contributed by atoms with Crippen LogP contribution in [0.3, 0.4) is 0 Å². The number of carbonyl (C=O) groups excluding carboxylic acids is 1. The Labute approximate surface area is 217 Å². The molecular formula is C26H39FN8O2. The van der Waals surface area contributed by atoms with Gasteiger partial charge in [0.15, 0.2) is 11.6 Å². The number of piperazine rings is 1. The maximum atomic E-state index is 14.2. The lowest BCUT2D eigenvalue weighted by molar-refractivity contribution is 0.00121. The maximum Gasteiger partial charge on any atom is 0.321 e. The molecule has 0 radical (unpaired) electrons. The summed E-state index contributed by atoms with van der Waals surface area (Å²) in [5.41, 5.74) is 12.9. The summed E-state index contributed by atoms with van der Waals surface area (Å²) >= 11 is 0. The molecule has 0 unspecified atom stereocenters. The van der Waals surface area contributed by atoms with Crippen LogP contribution in [0.5, 0.6) is 0 Å². The fraction of sp³-hybridized carbons (Fsp3) is 0.692. The highest BCUT2D eigenvalue weighted by atomic mass is 19.1. The van der Waals surface area contributed by atoms with E-state index in [1.165, 1.54) is 0 Å². The van der Waals surface area contributed by atoms with E-state index < -0.39 is 11.4 Å². The van der Waals surface area contributed by atoms with E-state index in [1.807, 2.05) is 13.8 Å². The molecule has 4 heterocycles. The monoisotopic (exact) mass is 514 g/mol. The van der Waals surface area contributed by atoms with E-state index in [0.29, 0.717) is 29.6 Å². The predicted octanol–water partition coefficient (Wildman–Crippen LogP) is 2.31. The highest BCUT2D eigenvalue weighted by Crippen LogP contribution is 2.47. The van der Waals surface area contributed by atoms with Gasteiger partial charge in [-0.25, -0.2) is 24.1 Å². The molecule has 2 amide bonds. The summed E-state index contributed by atoms with van der Waals surface area (Å²) in [6.45, 7) is 12.2. The summed E-state index contributed by atoms with van der Waals surface area (Å²) in [4.78, 5) is 32.6. The van der Waals surface area contributed by atoms with Gasteiger partial charge in [0.1, 0.15) is 11.7 Å². The second kappa shape index (κ2) is 9.50. The van der Waals surface area contributed by atoms with Crippen molar-refractivity contribution in [1.29, 1.82) is 0 Å². The van der Waals surface area contributed by atoms with Crippen LogP contribution >= 0.6 is 0 Å². The molecule has 1 atom stereocenters. The fourth-order valence-corrected chi connectivity index (χ4v) is 5.88. The lowest BCUT2D eigenvalue weighted by Gasteiger charge is -2.49. The standard InChI is InChI=1S/C26H39FN8O2/c1-16-12-35(26(7-8-26)15-33(16)13-18-5-9-37-10-6-18)24(36)34-14-19(21(28)25(34,3)4)22(29)32-23-20(27)11-30-17(2)31-23/h11,16,18H,5-10,12-15,28H2,1-4H3,(H2,29,30,31,32)/t16-/m1/s1. The van der Waals surface area contributed by atoms with E-state index in [4.69, 9.17) is 16.2 Å². The number of carbonyl (C=O) groups is 1. The number of aliphatic imine (C=N–C) groups is 1. The van der Waals surface area contributed by atoms with Gasteiger partial charge in [0.2, 0.25) is 0 Å². The van der Waals surface area contributed by atoms with Gasteiger partial charge in [-0.1, -0.05) is 0 Å². The van der Waals surface area contributed by atoms with Crippen molar-refractivity contribution in [2.45, 2.75) is 70.5 Å². The summed E-state index contributed by atoms with van der Waals surface area (Å²) in [5.74, 6) is 0.302. The Kier molecular flexibility index (Phi) is 6.64. The van der Waals surface area contributed by atoms with Crippen molar-refractivity contribution in [2.24, 2.45) is 22.4 Å². The van der Waals surface area contributed by atoms with Gasteiger partial charge >= 0.3 is 6.03 Å². The second-order valence-electron chi connectivity index (χ2n) is 11.6. The number of nitrogens with zero attached hydrogens (tertiary/aromatic N) is 6. The van der Waals surface area contributed by atoms with Gasteiger partial charge in [-0.3, -0.25) is 4.90 Å². The first kappa shape index (κ1) is 25.8. The average Bonchev–Trinajstić information content (AvgIpc) is 3.58. The Morgan fingerprint density at radius 1 is 1.27 bits per heavy atom. The van der Waals surface area contributed by atoms with Gasteiger partial charge < -0.3 is 26.0 Å². The minimum atomic E-state index is -0.759. The Bertz CT molecular complexity index is 1130. The summed E-state index contributed by atoms with van der Waals surface area (Å²) in [5, 5.41) is 0. The van der Waals surface area contributed by atoms with Crippen LogP contribution in [0.15, 0.2) is 22.5 Å². The molecule has 4 aliphatic rings. The van der Waals surface area contributed by atoms with Crippen LogP contribution in [0.2, 0.25) is 0 Å². The second-order valence-corrected chi connectivity index (χ2v) is 11.6. The molecule has 11 heteroatoms. The van der Waals surface area contributed by atoms with Gasteiger partial charge in [0.05, 0.1) is 23.8 Å². The molecule has 1 aliphatic carbocycles. The molecule has 3 fully saturated rings. The molecule has 1 saturated carbocycles. The first-order chi connectivity index (χ1) is 17.5. The molecule has 37 heavy (non-hydrogen) atoms. The minimum absolute atomic E-state index is 0.0325. The molecule has 1 aromatic rings. The van der Waals surface area contributed by atoms with Crippen molar-refractivity contribution in [2.75, 3.05) is 39.4 Å². The van der Waals surface area contributed by atoms with Crippen LogP contribution < -0.4 is 11.5 Å². The van der Waals surface area contributed by atoms with E-state index in [1.54, 1.807) is 11.8 Å². The van der Waals surface area contributed by atoms with Crippen molar-refractivity contribution in [3.05, 3.63) is 29.1 Å². The number of halogens is 1. The van der Waals surface area contributed by atoms with Crippen LogP contribution in [0, 0.1) is 18.7 Å². The molecule has 5 rings (SSSR count). The van der Waals surface area contributed by atoms with E-state index in [2.05, 4.69) is 31.7 Å². The zero-order chi connectivity index (χ0) is 26.5. The third kappa shape index (κ3) is 4.79. The number of ether oxygens (including phenoxy) is 1. The molecule has 0 bridgehead atoms. The molecule has 4 N–H and O–H groups in total. The molecular weight excluding hydrogens is 475 g/mol. The zero-order valence-electron chi connectivity index (χ0n) is 22.3. The van der Waals surface area contributed by atoms with Crippen LogP contribution in [0.1, 0.15) is 52.3 Å². The van der Waals surface area contributed by atoms with E-state index >= 15 is 0 Å². The minimum Gasteiger partial charge on any atom is -0.400 e. The van der Waals surface area contributed by atoms with Gasteiger partial charge in [-0.15, -0.1) is 0 Å². The number of aryl methyl sites for hydroxylation is 1. The Morgan fingerprint density at radius 2 is 1.97 bits per heavy atom. The van der Waals surface area contributed by atoms with Crippen LogP contribution in [0.4, 0.5) is 15.0 Å². The SMILES string of the molecule is Cc1ncc(F)c(N=C(N)C2=C(N)C(C)(C)N(C(=O)N3C[C@@H](C)N(CC4CCOCC4)CC34CC4)C2)n1. The van der Waals surface area contributed by atoms with Crippen molar-refractivity contribution in [1.82, 2.24) is 24.7 Å². The lowest BCUT2D eigenvalue weighted by Crippen LogP contribution is -2.65. The predicted molar refractivity (Wildman–Crippen MR) is 139 cm³/mol. The number of amidine groups is 1. The summed E-state index contributed by atoms with van der Waals surface area (Å²) in [6, 6.07) is 0.235. The van der Waals surface area contributed by atoms with Gasteiger partial charge in [-0.05, 0) is 59.3 Å². The average molecular weight is 515 g/mol. The Balaban J connectivity index is 1.32. The number of hydrogen-bond acceptors (Lipinski definition) is 7. The number of urea groups is 1. The van der Waals surface area contributed by atoms with E-state index in [0.717, 1.165) is 58.2 Å². The summed E-state index contributed by atoms with van der Waals surface area (Å²) in [6.07, 6.45) is 5.30. The maximum absolute atomic E-state index is 14.2. The van der Waals surface area contributed by atoms with Crippen LogP contribution in [-0.2, 0) is 4.74 Å². The van der Waals surface area contributed by atoms with Crippen LogP contribution in [-0.4, -0.2) is 93.0 Å². The molecule has 3 aliphatic heterocycles. The third-order valence-corrected chi connectivity index (χ3v) is 8.62. The fourth-order valence-electron chi connectivity index (χ4n) is 5.88. The van der Waals surface area contributed by atoms with Crippen molar-refractivity contribution in [3.8, 4) is 0 Å². The highest BCUT2D eigenvalue weighted by Gasteiger charge is 2.57. The van der Waals surface area contributed by atoms with Gasteiger partial charge in [0, 0.05) is 50.2 Å². The van der Waals surface area contributed by atoms with Crippen molar-refractivity contribution in [3.63, 3.8) is 0 Å². The Morgan fingerprint density at radius 3 is 2.65 bits per heavy atom. The third-order valence-electron chi connectivity index (χ3n) is 8.62. The number of aromatic nitrogens is 2.